The lowest BCUT2D eigenvalue weighted by Gasteiger charge is -2.14. The van der Waals surface area contributed by atoms with E-state index in [4.69, 9.17) is 27.3 Å². The molecule has 0 bridgehead atoms. The van der Waals surface area contributed by atoms with Crippen molar-refractivity contribution < 1.29 is 0 Å². The first-order valence-electron chi connectivity index (χ1n) is 11.3. The number of amidine groups is 2. The summed E-state index contributed by atoms with van der Waals surface area (Å²) < 4.78 is 0. The number of allylic oxidation sites excluding steroid dienone is 3. The molecule has 1 aliphatic rings. The predicted molar refractivity (Wildman–Crippen MR) is 143 cm³/mol. The lowest BCUT2D eigenvalue weighted by Crippen LogP contribution is -2.20. The molecule has 4 heteroatoms. The normalized spacial score (nSPS) is 15.7. The molecular formula is C29H30ClN3. The van der Waals surface area contributed by atoms with E-state index in [0.29, 0.717) is 12.4 Å². The Labute approximate surface area is 202 Å². The molecular weight excluding hydrogens is 426 g/mol. The van der Waals surface area contributed by atoms with Gasteiger partial charge in [-0.2, -0.15) is 0 Å². The fourth-order valence-electron chi connectivity index (χ4n) is 3.47. The first-order chi connectivity index (χ1) is 16.2. The molecule has 1 unspecified atom stereocenters. The summed E-state index contributed by atoms with van der Waals surface area (Å²) in [4.78, 5) is 9.60. The summed E-state index contributed by atoms with van der Waals surface area (Å²) in [7, 11) is 0. The van der Waals surface area contributed by atoms with Crippen molar-refractivity contribution in [1.29, 1.82) is 0 Å². The summed E-state index contributed by atoms with van der Waals surface area (Å²) in [6.45, 7) is 4.54. The van der Waals surface area contributed by atoms with Crippen LogP contribution in [0.2, 0.25) is 5.02 Å². The van der Waals surface area contributed by atoms with Crippen LogP contribution in [0, 0.1) is 5.92 Å². The summed E-state index contributed by atoms with van der Waals surface area (Å²) in [5.74, 6) is 1.35. The second-order valence-corrected chi connectivity index (χ2v) is 7.84. The fourth-order valence-corrected chi connectivity index (χ4v) is 3.59. The average molecular weight is 456 g/mol. The Bertz CT molecular complexity index is 1140. The summed E-state index contributed by atoms with van der Waals surface area (Å²) >= 11 is 6.02. The minimum atomic E-state index is 0.117. The Morgan fingerprint density at radius 3 is 2.36 bits per heavy atom. The summed E-state index contributed by atoms with van der Waals surface area (Å²) in [6.07, 6.45) is 9.22. The van der Waals surface area contributed by atoms with E-state index in [0.717, 1.165) is 39.5 Å². The molecule has 1 aliphatic carbocycles. The number of halogens is 1. The van der Waals surface area contributed by atoms with Crippen molar-refractivity contribution in [3.63, 3.8) is 0 Å². The molecule has 0 fully saturated rings. The Hall–Kier alpha value is -3.43. The average Bonchev–Trinajstić information content (AvgIpc) is 2.89. The lowest BCUT2D eigenvalue weighted by atomic mass is 9.99. The molecule has 4 rings (SSSR count). The van der Waals surface area contributed by atoms with Gasteiger partial charge in [0.25, 0.3) is 0 Å². The van der Waals surface area contributed by atoms with Gasteiger partial charge < -0.3 is 5.73 Å². The van der Waals surface area contributed by atoms with E-state index >= 15 is 0 Å². The van der Waals surface area contributed by atoms with Gasteiger partial charge >= 0.3 is 0 Å². The highest BCUT2D eigenvalue weighted by molar-refractivity contribution is 6.30. The highest BCUT2D eigenvalue weighted by Gasteiger charge is 2.14. The van der Waals surface area contributed by atoms with Crippen molar-refractivity contribution in [2.75, 3.05) is 0 Å². The number of hydrogen-bond acceptors (Lipinski definition) is 1. The zero-order chi connectivity index (χ0) is 23.5. The van der Waals surface area contributed by atoms with Gasteiger partial charge in [0.05, 0.1) is 6.54 Å². The van der Waals surface area contributed by atoms with Crippen LogP contribution in [-0.4, -0.2) is 11.7 Å². The summed E-state index contributed by atoms with van der Waals surface area (Å²) in [5.41, 5.74) is 10.6. The molecule has 3 nitrogen and oxygen atoms in total. The Morgan fingerprint density at radius 2 is 1.67 bits per heavy atom. The molecule has 1 atom stereocenters. The zero-order valence-corrected chi connectivity index (χ0v) is 19.9. The van der Waals surface area contributed by atoms with E-state index in [1.165, 1.54) is 0 Å². The van der Waals surface area contributed by atoms with Crippen LogP contribution in [0.5, 0.6) is 0 Å². The van der Waals surface area contributed by atoms with Gasteiger partial charge in [-0.15, -0.1) is 0 Å². The number of nitrogens with two attached hydrogens (primary N) is 1. The third-order valence-electron chi connectivity index (χ3n) is 5.14. The Kier molecular flexibility index (Phi) is 9.22. The van der Waals surface area contributed by atoms with Crippen LogP contribution < -0.4 is 5.73 Å². The van der Waals surface area contributed by atoms with Crippen LogP contribution in [0.25, 0.3) is 11.1 Å². The largest absolute Gasteiger partial charge is 0.383 e. The molecule has 0 saturated carbocycles. The monoisotopic (exact) mass is 455 g/mol. The fraction of sp³-hybridized carbons (Fsp3) is 0.172. The van der Waals surface area contributed by atoms with Gasteiger partial charge in [-0.1, -0.05) is 110 Å². The third-order valence-corrected chi connectivity index (χ3v) is 5.40. The maximum atomic E-state index is 6.30. The number of hydrogen-bond donors (Lipinski definition) is 1. The van der Waals surface area contributed by atoms with Gasteiger partial charge in [0.15, 0.2) is 0 Å². The smallest absolute Gasteiger partial charge is 0.133 e. The summed E-state index contributed by atoms with van der Waals surface area (Å²) in [6, 6.07) is 26.1. The van der Waals surface area contributed by atoms with Crippen molar-refractivity contribution in [2.45, 2.75) is 26.8 Å². The van der Waals surface area contributed by atoms with Crippen molar-refractivity contribution in [1.82, 2.24) is 0 Å². The molecule has 0 amide bonds. The van der Waals surface area contributed by atoms with Crippen molar-refractivity contribution in [2.24, 2.45) is 21.6 Å². The third kappa shape index (κ3) is 7.03. The number of benzene rings is 3. The molecule has 0 saturated heterocycles. The minimum absolute atomic E-state index is 0.117. The van der Waals surface area contributed by atoms with Gasteiger partial charge in [-0.3, -0.25) is 4.99 Å². The standard InChI is InChI=1S/C27H24ClN3.C2H6/c28-25-16-14-21(15-17-25)24-13-7-8-20(18-24)19-30-27(23-11-5-2-6-12-23)31-26(29)22-9-3-1-4-10-22;1-2/h1-11,13-18,23H,12,19H2,(H2,29,30,31);1-2H3. The zero-order valence-electron chi connectivity index (χ0n) is 19.2. The Balaban J connectivity index is 0.00000149. The minimum Gasteiger partial charge on any atom is -0.383 e. The number of aliphatic imine (C=N–C) groups is 2. The van der Waals surface area contributed by atoms with Crippen LogP contribution in [0.4, 0.5) is 0 Å². The highest BCUT2D eigenvalue weighted by atomic mass is 35.5. The molecule has 0 radical (unpaired) electrons. The maximum absolute atomic E-state index is 6.30. The second-order valence-electron chi connectivity index (χ2n) is 7.40. The highest BCUT2D eigenvalue weighted by Crippen LogP contribution is 2.23. The van der Waals surface area contributed by atoms with Crippen LogP contribution in [0.1, 0.15) is 31.4 Å². The van der Waals surface area contributed by atoms with Gasteiger partial charge in [0, 0.05) is 16.5 Å². The molecule has 168 valence electrons. The molecule has 0 aromatic heterocycles. The number of rotatable bonds is 5. The molecule has 0 aliphatic heterocycles. The molecule has 0 spiro atoms. The first kappa shape index (κ1) is 24.2. The second kappa shape index (κ2) is 12.6. The first-order valence-corrected chi connectivity index (χ1v) is 11.7. The van der Waals surface area contributed by atoms with Gasteiger partial charge in [-0.05, 0) is 41.3 Å². The van der Waals surface area contributed by atoms with Crippen LogP contribution in [0.15, 0.2) is 113 Å². The van der Waals surface area contributed by atoms with E-state index in [2.05, 4.69) is 36.4 Å². The Morgan fingerprint density at radius 1 is 0.909 bits per heavy atom. The predicted octanol–water partition coefficient (Wildman–Crippen LogP) is 7.47. The van der Waals surface area contributed by atoms with E-state index in [1.54, 1.807) is 0 Å². The van der Waals surface area contributed by atoms with E-state index in [9.17, 15) is 0 Å². The van der Waals surface area contributed by atoms with Gasteiger partial charge in [0.1, 0.15) is 11.7 Å². The SMILES string of the molecule is CC.NC(=NC(=NCc1cccc(-c2ccc(Cl)cc2)c1)C1C=CC=CC1)c1ccccc1. The molecule has 2 N–H and O–H groups in total. The van der Waals surface area contributed by atoms with E-state index in [-0.39, 0.29) is 5.92 Å². The maximum Gasteiger partial charge on any atom is 0.133 e. The molecule has 0 heterocycles. The molecule has 3 aromatic rings. The van der Waals surface area contributed by atoms with Gasteiger partial charge in [-0.25, -0.2) is 4.99 Å². The summed E-state index contributed by atoms with van der Waals surface area (Å²) in [5, 5.41) is 0.734. The van der Waals surface area contributed by atoms with Gasteiger partial charge in [0.2, 0.25) is 0 Å². The van der Waals surface area contributed by atoms with Crippen LogP contribution in [0.3, 0.4) is 0 Å². The van der Waals surface area contributed by atoms with Crippen molar-refractivity contribution in [3.05, 3.63) is 119 Å². The van der Waals surface area contributed by atoms with E-state index < -0.39 is 0 Å². The van der Waals surface area contributed by atoms with Crippen LogP contribution in [-0.2, 0) is 6.54 Å². The van der Waals surface area contributed by atoms with E-state index in [1.807, 2.05) is 80.6 Å². The van der Waals surface area contributed by atoms with Crippen LogP contribution >= 0.6 is 11.6 Å². The van der Waals surface area contributed by atoms with Crippen molar-refractivity contribution >= 4 is 23.3 Å². The molecule has 3 aromatic carbocycles. The topological polar surface area (TPSA) is 50.7 Å². The molecule has 33 heavy (non-hydrogen) atoms. The lowest BCUT2D eigenvalue weighted by molar-refractivity contribution is 0.844. The quantitative estimate of drug-likeness (QED) is 0.314. The van der Waals surface area contributed by atoms with Crippen molar-refractivity contribution in [3.8, 4) is 11.1 Å². The number of nitrogens with zero attached hydrogens (tertiary/aromatic N) is 2.